The molecule has 0 aliphatic rings. The van der Waals surface area contributed by atoms with E-state index in [9.17, 15) is 9.59 Å². The van der Waals surface area contributed by atoms with Crippen LogP contribution in [0.5, 0.6) is 0 Å². The van der Waals surface area contributed by atoms with Crippen molar-refractivity contribution in [3.63, 3.8) is 0 Å². The maximum atomic E-state index is 12.7. The number of pyridine rings is 1. The average Bonchev–Trinajstić information content (AvgIpc) is 2.73. The van der Waals surface area contributed by atoms with Crippen LogP contribution in [0.1, 0.15) is 50.0 Å². The minimum Gasteiger partial charge on any atom is -0.348 e. The van der Waals surface area contributed by atoms with Gasteiger partial charge in [0.2, 0.25) is 0 Å². The Bertz CT molecular complexity index is 1040. The van der Waals surface area contributed by atoms with E-state index in [1.807, 2.05) is 63.2 Å². The first kappa shape index (κ1) is 20.3. The average molecular weight is 387 g/mol. The molecule has 0 aliphatic heterocycles. The van der Waals surface area contributed by atoms with Gasteiger partial charge in [0.1, 0.15) is 5.69 Å². The van der Waals surface area contributed by atoms with Crippen molar-refractivity contribution in [2.45, 2.75) is 33.7 Å². The van der Waals surface area contributed by atoms with Crippen LogP contribution in [0.2, 0.25) is 0 Å². The Morgan fingerprint density at radius 3 is 2.52 bits per heavy atom. The highest BCUT2D eigenvalue weighted by molar-refractivity contribution is 6.05. The van der Waals surface area contributed by atoms with Crippen LogP contribution in [-0.4, -0.2) is 16.8 Å². The Kier molecular flexibility index (Phi) is 6.39. The molecule has 5 nitrogen and oxygen atoms in total. The molecule has 3 rings (SSSR count). The number of carbonyl (C=O) groups excluding carboxylic acids is 2. The Labute approximate surface area is 171 Å². The molecule has 0 unspecified atom stereocenters. The first-order chi connectivity index (χ1) is 14.0. The van der Waals surface area contributed by atoms with E-state index in [0.717, 1.165) is 34.4 Å². The summed E-state index contributed by atoms with van der Waals surface area (Å²) in [6, 6.07) is 17.0. The minimum atomic E-state index is -0.331. The Balaban J connectivity index is 1.72. The number of rotatable bonds is 6. The fraction of sp³-hybridized carbons (Fsp3) is 0.208. The minimum absolute atomic E-state index is 0.207. The molecule has 0 saturated heterocycles. The normalized spacial score (nSPS) is 10.4. The molecule has 0 radical (unpaired) electrons. The number of nitrogens with one attached hydrogen (secondary N) is 2. The molecule has 1 aromatic heterocycles. The molecule has 29 heavy (non-hydrogen) atoms. The van der Waals surface area contributed by atoms with Gasteiger partial charge in [-0.05, 0) is 49.1 Å². The quantitative estimate of drug-likeness (QED) is 0.657. The van der Waals surface area contributed by atoms with Gasteiger partial charge >= 0.3 is 0 Å². The van der Waals surface area contributed by atoms with Crippen molar-refractivity contribution in [2.75, 3.05) is 5.32 Å². The molecular weight excluding hydrogens is 362 g/mol. The number of aromatic nitrogens is 1. The molecule has 0 saturated carbocycles. The fourth-order valence-corrected chi connectivity index (χ4v) is 3.18. The molecule has 0 fully saturated rings. The summed E-state index contributed by atoms with van der Waals surface area (Å²) in [6.07, 6.45) is 2.29. The summed E-state index contributed by atoms with van der Waals surface area (Å²) in [5, 5.41) is 5.83. The van der Waals surface area contributed by atoms with E-state index in [2.05, 4.69) is 15.6 Å². The molecule has 2 amide bonds. The van der Waals surface area contributed by atoms with Gasteiger partial charge in [-0.15, -0.1) is 0 Å². The predicted molar refractivity (Wildman–Crippen MR) is 115 cm³/mol. The molecule has 2 aromatic carbocycles. The van der Waals surface area contributed by atoms with E-state index in [1.165, 1.54) is 12.3 Å². The molecule has 0 bridgehead atoms. The van der Waals surface area contributed by atoms with Crippen molar-refractivity contribution >= 4 is 17.5 Å². The zero-order valence-corrected chi connectivity index (χ0v) is 17.0. The number of carbonyl (C=O) groups is 2. The summed E-state index contributed by atoms with van der Waals surface area (Å²) in [5.41, 5.74) is 5.63. The van der Waals surface area contributed by atoms with Crippen LogP contribution in [-0.2, 0) is 13.0 Å². The molecule has 148 valence electrons. The van der Waals surface area contributed by atoms with Crippen molar-refractivity contribution in [1.29, 1.82) is 0 Å². The third kappa shape index (κ3) is 5.08. The highest BCUT2D eigenvalue weighted by Crippen LogP contribution is 2.21. The lowest BCUT2D eigenvalue weighted by Crippen LogP contribution is -2.24. The van der Waals surface area contributed by atoms with Crippen molar-refractivity contribution in [3.8, 4) is 0 Å². The van der Waals surface area contributed by atoms with Crippen LogP contribution in [0.4, 0.5) is 5.69 Å². The molecule has 1 heterocycles. The summed E-state index contributed by atoms with van der Waals surface area (Å²) in [4.78, 5) is 29.4. The van der Waals surface area contributed by atoms with Gasteiger partial charge in [-0.25, -0.2) is 0 Å². The Hall–Kier alpha value is -3.47. The maximum absolute atomic E-state index is 12.7. The summed E-state index contributed by atoms with van der Waals surface area (Å²) >= 11 is 0. The third-order valence-electron chi connectivity index (χ3n) is 4.77. The third-order valence-corrected chi connectivity index (χ3v) is 4.77. The van der Waals surface area contributed by atoms with Crippen LogP contribution in [0.25, 0.3) is 0 Å². The number of aryl methyl sites for hydroxylation is 3. The topological polar surface area (TPSA) is 71.1 Å². The van der Waals surface area contributed by atoms with Gasteiger partial charge in [0.15, 0.2) is 0 Å². The molecule has 5 heteroatoms. The van der Waals surface area contributed by atoms with Crippen molar-refractivity contribution in [1.82, 2.24) is 10.3 Å². The van der Waals surface area contributed by atoms with Gasteiger partial charge in [-0.2, -0.15) is 0 Å². The van der Waals surface area contributed by atoms with E-state index in [1.54, 1.807) is 6.07 Å². The van der Waals surface area contributed by atoms with Crippen LogP contribution in [0.15, 0.2) is 60.8 Å². The van der Waals surface area contributed by atoms with Gasteiger partial charge in [0.25, 0.3) is 11.8 Å². The second-order valence-electron chi connectivity index (χ2n) is 7.02. The monoisotopic (exact) mass is 387 g/mol. The van der Waals surface area contributed by atoms with Gasteiger partial charge in [0.05, 0.1) is 0 Å². The standard InChI is InChI=1S/C24H25N3O2/c1-4-19-10-6-8-17(3)22(19)27-24(29)21-14-20(11-12-25-21)23(28)26-15-18-9-5-7-16(2)13-18/h5-14H,4,15H2,1-3H3,(H,26,28)(H,27,29). The zero-order valence-electron chi connectivity index (χ0n) is 17.0. The molecule has 0 atom stereocenters. The van der Waals surface area contributed by atoms with Crippen LogP contribution < -0.4 is 10.6 Å². The van der Waals surface area contributed by atoms with Gasteiger partial charge < -0.3 is 10.6 Å². The SMILES string of the molecule is CCc1cccc(C)c1NC(=O)c1cc(C(=O)NCc2cccc(C)c2)ccn1. The predicted octanol–water partition coefficient (Wildman–Crippen LogP) is 4.44. The maximum Gasteiger partial charge on any atom is 0.274 e. The first-order valence-electron chi connectivity index (χ1n) is 9.67. The number of hydrogen-bond acceptors (Lipinski definition) is 3. The van der Waals surface area contributed by atoms with E-state index in [0.29, 0.717) is 12.1 Å². The van der Waals surface area contributed by atoms with Gasteiger partial charge in [-0.1, -0.05) is 55.0 Å². The van der Waals surface area contributed by atoms with Crippen molar-refractivity contribution < 1.29 is 9.59 Å². The number of nitrogens with zero attached hydrogens (tertiary/aromatic N) is 1. The molecule has 2 N–H and O–H groups in total. The second-order valence-corrected chi connectivity index (χ2v) is 7.02. The molecular formula is C24H25N3O2. The number of hydrogen-bond donors (Lipinski definition) is 2. The number of benzene rings is 2. The van der Waals surface area contributed by atoms with E-state index in [4.69, 9.17) is 0 Å². The summed E-state index contributed by atoms with van der Waals surface area (Å²) < 4.78 is 0. The fourth-order valence-electron chi connectivity index (χ4n) is 3.18. The zero-order chi connectivity index (χ0) is 20.8. The van der Waals surface area contributed by atoms with E-state index >= 15 is 0 Å². The summed E-state index contributed by atoms with van der Waals surface area (Å²) in [6.45, 7) is 6.43. The van der Waals surface area contributed by atoms with Gasteiger partial charge in [0, 0.05) is 24.0 Å². The van der Waals surface area contributed by atoms with Crippen molar-refractivity contribution in [3.05, 3.63) is 94.3 Å². The summed E-state index contributed by atoms with van der Waals surface area (Å²) in [5.74, 6) is -0.574. The van der Waals surface area contributed by atoms with Crippen LogP contribution in [0, 0.1) is 13.8 Å². The van der Waals surface area contributed by atoms with Gasteiger partial charge in [-0.3, -0.25) is 14.6 Å². The molecule has 0 aliphatic carbocycles. The lowest BCUT2D eigenvalue weighted by molar-refractivity contribution is 0.0950. The van der Waals surface area contributed by atoms with E-state index in [-0.39, 0.29) is 17.5 Å². The summed E-state index contributed by atoms with van der Waals surface area (Å²) in [7, 11) is 0. The second kappa shape index (κ2) is 9.15. The Morgan fingerprint density at radius 1 is 0.966 bits per heavy atom. The molecule has 3 aromatic rings. The number of amides is 2. The highest BCUT2D eigenvalue weighted by Gasteiger charge is 2.14. The van der Waals surface area contributed by atoms with Crippen LogP contribution >= 0.6 is 0 Å². The lowest BCUT2D eigenvalue weighted by Gasteiger charge is -2.13. The Morgan fingerprint density at radius 2 is 1.76 bits per heavy atom. The largest absolute Gasteiger partial charge is 0.348 e. The van der Waals surface area contributed by atoms with Crippen LogP contribution in [0.3, 0.4) is 0 Å². The smallest absolute Gasteiger partial charge is 0.274 e. The van der Waals surface area contributed by atoms with E-state index < -0.39 is 0 Å². The first-order valence-corrected chi connectivity index (χ1v) is 9.67. The molecule has 0 spiro atoms. The number of para-hydroxylation sites is 1. The number of anilines is 1. The highest BCUT2D eigenvalue weighted by atomic mass is 16.2. The lowest BCUT2D eigenvalue weighted by atomic mass is 10.1. The van der Waals surface area contributed by atoms with Crippen molar-refractivity contribution in [2.24, 2.45) is 0 Å².